The number of ether oxygens (including phenoxy) is 2. The summed E-state index contributed by atoms with van der Waals surface area (Å²) in [5.41, 5.74) is 0.577. The number of rotatable bonds is 12. The Hall–Kier alpha value is -3.21. The number of carbonyl (C=O) groups is 2. The van der Waals surface area contributed by atoms with Gasteiger partial charge < -0.3 is 20.1 Å². The van der Waals surface area contributed by atoms with E-state index in [1.165, 1.54) is 0 Å². The van der Waals surface area contributed by atoms with E-state index in [2.05, 4.69) is 34.9 Å². The molecule has 0 unspecified atom stereocenters. The molecule has 0 radical (unpaired) electrons. The van der Waals surface area contributed by atoms with Crippen molar-refractivity contribution in [2.45, 2.75) is 13.3 Å². The summed E-state index contributed by atoms with van der Waals surface area (Å²) in [6.45, 7) is 3.78. The molecule has 0 atom stereocenters. The van der Waals surface area contributed by atoms with Gasteiger partial charge in [0, 0.05) is 37.5 Å². The first-order valence-corrected chi connectivity index (χ1v) is 12.7. The zero-order chi connectivity index (χ0) is 24.2. The number of amides is 2. The SMILES string of the molecule is CCOCCOc1ccc(C(=O)NCCC(=O)NC)c(P(c2ccccc2)c2ccccc2)c1. The van der Waals surface area contributed by atoms with E-state index in [-0.39, 0.29) is 24.8 Å². The van der Waals surface area contributed by atoms with Gasteiger partial charge in [-0.25, -0.2) is 0 Å². The van der Waals surface area contributed by atoms with Gasteiger partial charge in [0.2, 0.25) is 5.91 Å². The molecule has 0 aliphatic heterocycles. The van der Waals surface area contributed by atoms with Gasteiger partial charge in [0.15, 0.2) is 0 Å². The molecule has 7 heteroatoms. The van der Waals surface area contributed by atoms with Crippen LogP contribution >= 0.6 is 7.92 Å². The Balaban J connectivity index is 2.00. The zero-order valence-electron chi connectivity index (χ0n) is 19.6. The van der Waals surface area contributed by atoms with Crippen LogP contribution in [-0.2, 0) is 9.53 Å². The second-order valence-electron chi connectivity index (χ2n) is 7.41. The molecule has 2 amide bonds. The lowest BCUT2D eigenvalue weighted by Gasteiger charge is -2.23. The molecule has 3 aromatic rings. The second kappa shape index (κ2) is 13.5. The Kier molecular flexibility index (Phi) is 10.1. The van der Waals surface area contributed by atoms with Gasteiger partial charge in [0.05, 0.1) is 6.61 Å². The Morgan fingerprint density at radius 3 is 2.12 bits per heavy atom. The molecule has 0 aliphatic carbocycles. The number of hydrogen-bond donors (Lipinski definition) is 2. The fraction of sp³-hybridized carbons (Fsp3) is 0.259. The van der Waals surface area contributed by atoms with Crippen LogP contribution in [0.4, 0.5) is 0 Å². The number of hydrogen-bond acceptors (Lipinski definition) is 4. The zero-order valence-corrected chi connectivity index (χ0v) is 20.5. The lowest BCUT2D eigenvalue weighted by atomic mass is 10.2. The van der Waals surface area contributed by atoms with Crippen molar-refractivity contribution >= 4 is 35.6 Å². The van der Waals surface area contributed by atoms with Crippen LogP contribution < -0.4 is 31.3 Å². The molecule has 0 saturated heterocycles. The monoisotopic (exact) mass is 478 g/mol. The quantitative estimate of drug-likeness (QED) is 0.310. The van der Waals surface area contributed by atoms with E-state index in [9.17, 15) is 9.59 Å². The van der Waals surface area contributed by atoms with Crippen LogP contribution in [0.1, 0.15) is 23.7 Å². The molecule has 0 aromatic heterocycles. The van der Waals surface area contributed by atoms with Gasteiger partial charge >= 0.3 is 0 Å². The summed E-state index contributed by atoms with van der Waals surface area (Å²) in [6, 6.07) is 26.0. The summed E-state index contributed by atoms with van der Waals surface area (Å²) < 4.78 is 11.3. The van der Waals surface area contributed by atoms with Crippen molar-refractivity contribution in [1.82, 2.24) is 10.6 Å². The van der Waals surface area contributed by atoms with Crippen LogP contribution in [0, 0.1) is 0 Å². The van der Waals surface area contributed by atoms with E-state index in [1.807, 2.05) is 61.5 Å². The van der Waals surface area contributed by atoms with Crippen molar-refractivity contribution in [3.05, 3.63) is 84.4 Å². The molecule has 0 bridgehead atoms. The average Bonchev–Trinajstić information content (AvgIpc) is 2.88. The molecule has 0 saturated carbocycles. The highest BCUT2D eigenvalue weighted by Gasteiger charge is 2.23. The molecule has 0 aliphatic rings. The summed E-state index contributed by atoms with van der Waals surface area (Å²) in [5, 5.41) is 8.63. The predicted molar refractivity (Wildman–Crippen MR) is 138 cm³/mol. The standard InChI is InChI=1S/C27H31N2O4P/c1-3-32-18-19-33-21-14-15-24(27(31)29-17-16-26(30)28-2)25(20-21)34(22-10-6-4-7-11-22)23-12-8-5-9-13-23/h4-15,20H,3,16-19H2,1-2H3,(H,28,30)(H,29,31). The third-order valence-corrected chi connectivity index (χ3v) is 7.58. The number of nitrogens with one attached hydrogen (secondary N) is 2. The van der Waals surface area contributed by atoms with Gasteiger partial charge in [0.1, 0.15) is 12.4 Å². The van der Waals surface area contributed by atoms with Crippen LogP contribution in [0.25, 0.3) is 0 Å². The molecule has 6 nitrogen and oxygen atoms in total. The highest BCUT2D eigenvalue weighted by atomic mass is 31.1. The predicted octanol–water partition coefficient (Wildman–Crippen LogP) is 2.73. The lowest BCUT2D eigenvalue weighted by molar-refractivity contribution is -0.120. The van der Waals surface area contributed by atoms with Gasteiger partial charge in [-0.05, 0) is 43.7 Å². The van der Waals surface area contributed by atoms with Crippen molar-refractivity contribution in [2.75, 3.05) is 33.4 Å². The van der Waals surface area contributed by atoms with Crippen LogP contribution in [0.2, 0.25) is 0 Å². The van der Waals surface area contributed by atoms with Gasteiger partial charge in [0.25, 0.3) is 5.91 Å². The van der Waals surface area contributed by atoms with Crippen molar-refractivity contribution in [2.24, 2.45) is 0 Å². The molecule has 0 fully saturated rings. The first kappa shape index (κ1) is 25.4. The van der Waals surface area contributed by atoms with E-state index < -0.39 is 7.92 Å². The third-order valence-electron chi connectivity index (χ3n) is 5.10. The van der Waals surface area contributed by atoms with Crippen molar-refractivity contribution < 1.29 is 19.1 Å². The molecule has 0 spiro atoms. The summed E-state index contributed by atoms with van der Waals surface area (Å²) in [5.74, 6) is 0.365. The normalized spacial score (nSPS) is 10.7. The van der Waals surface area contributed by atoms with E-state index in [1.54, 1.807) is 7.05 Å². The first-order chi connectivity index (χ1) is 16.6. The molecule has 3 rings (SSSR count). The number of carbonyl (C=O) groups excluding carboxylic acids is 2. The molecule has 34 heavy (non-hydrogen) atoms. The van der Waals surface area contributed by atoms with E-state index in [4.69, 9.17) is 9.47 Å². The smallest absolute Gasteiger partial charge is 0.251 e. The lowest BCUT2D eigenvalue weighted by Crippen LogP contribution is -2.33. The summed E-state index contributed by atoms with van der Waals surface area (Å²) in [6.07, 6.45) is 0.225. The molecular weight excluding hydrogens is 447 g/mol. The maximum atomic E-state index is 13.2. The minimum Gasteiger partial charge on any atom is -0.491 e. The van der Waals surface area contributed by atoms with Gasteiger partial charge in [-0.2, -0.15) is 0 Å². The molecular formula is C27H31N2O4P. The van der Waals surface area contributed by atoms with Crippen LogP contribution in [0.15, 0.2) is 78.9 Å². The minimum absolute atomic E-state index is 0.116. The topological polar surface area (TPSA) is 76.7 Å². The Labute approximate surface area is 202 Å². The maximum absolute atomic E-state index is 13.2. The molecule has 178 valence electrons. The molecule has 0 heterocycles. The van der Waals surface area contributed by atoms with Crippen LogP contribution in [0.5, 0.6) is 5.75 Å². The summed E-state index contributed by atoms with van der Waals surface area (Å²) in [7, 11) is 0.564. The minimum atomic E-state index is -1.02. The van der Waals surface area contributed by atoms with E-state index >= 15 is 0 Å². The number of benzene rings is 3. The van der Waals surface area contributed by atoms with Crippen molar-refractivity contribution in [3.63, 3.8) is 0 Å². The third kappa shape index (κ3) is 7.14. The van der Waals surface area contributed by atoms with Crippen molar-refractivity contribution in [1.29, 1.82) is 0 Å². The molecule has 2 N–H and O–H groups in total. The first-order valence-electron chi connectivity index (χ1n) is 11.4. The summed E-state index contributed by atoms with van der Waals surface area (Å²) in [4.78, 5) is 24.8. The van der Waals surface area contributed by atoms with Crippen LogP contribution in [-0.4, -0.2) is 45.2 Å². The van der Waals surface area contributed by atoms with E-state index in [0.29, 0.717) is 31.1 Å². The average molecular weight is 479 g/mol. The summed E-state index contributed by atoms with van der Waals surface area (Å²) >= 11 is 0. The fourth-order valence-corrected chi connectivity index (χ4v) is 5.90. The van der Waals surface area contributed by atoms with Crippen LogP contribution in [0.3, 0.4) is 0 Å². The largest absolute Gasteiger partial charge is 0.491 e. The van der Waals surface area contributed by atoms with E-state index in [0.717, 1.165) is 15.9 Å². The highest BCUT2D eigenvalue weighted by molar-refractivity contribution is 7.80. The second-order valence-corrected chi connectivity index (χ2v) is 9.60. The molecule has 3 aromatic carbocycles. The highest BCUT2D eigenvalue weighted by Crippen LogP contribution is 2.35. The van der Waals surface area contributed by atoms with Gasteiger partial charge in [-0.3, -0.25) is 9.59 Å². The Morgan fingerprint density at radius 2 is 1.53 bits per heavy atom. The maximum Gasteiger partial charge on any atom is 0.251 e. The van der Waals surface area contributed by atoms with Gasteiger partial charge in [-0.15, -0.1) is 0 Å². The Bertz CT molecular complexity index is 1020. The fourth-order valence-electron chi connectivity index (χ4n) is 3.43. The van der Waals surface area contributed by atoms with Crippen molar-refractivity contribution in [3.8, 4) is 5.75 Å². The van der Waals surface area contributed by atoms with Gasteiger partial charge in [-0.1, -0.05) is 60.7 Å². The Morgan fingerprint density at radius 1 is 0.882 bits per heavy atom.